The van der Waals surface area contributed by atoms with Gasteiger partial charge in [-0.2, -0.15) is 5.10 Å². The van der Waals surface area contributed by atoms with Crippen LogP contribution in [0.25, 0.3) is 11.3 Å². The molecule has 1 aromatic carbocycles. The van der Waals surface area contributed by atoms with Gasteiger partial charge in [-0.1, -0.05) is 37.3 Å². The number of aromatic nitrogens is 4. The molecule has 142 valence electrons. The molecule has 0 spiro atoms. The lowest BCUT2D eigenvalue weighted by atomic mass is 10.0. The molecule has 3 aromatic rings. The monoisotopic (exact) mass is 363 g/mol. The summed E-state index contributed by atoms with van der Waals surface area (Å²) in [5, 5.41) is 4.37. The number of imidazole rings is 1. The third kappa shape index (κ3) is 4.14. The summed E-state index contributed by atoms with van der Waals surface area (Å²) < 4.78 is 4.46. The van der Waals surface area contributed by atoms with E-state index in [0.29, 0.717) is 6.04 Å². The van der Waals surface area contributed by atoms with Gasteiger partial charge < -0.3 is 9.47 Å². The number of hydrogen-bond acceptors (Lipinski definition) is 3. The lowest BCUT2D eigenvalue weighted by Gasteiger charge is -2.33. The van der Waals surface area contributed by atoms with E-state index in [0.717, 1.165) is 18.7 Å². The minimum atomic E-state index is 0.552. The summed E-state index contributed by atoms with van der Waals surface area (Å²) in [6.45, 7) is 6.75. The minimum Gasteiger partial charge on any atom is -0.331 e. The molecular formula is C22H29N5. The highest BCUT2D eigenvalue weighted by Crippen LogP contribution is 2.30. The highest BCUT2D eigenvalue weighted by Gasteiger charge is 2.23. The molecule has 5 heteroatoms. The number of aryl methyl sites for hydroxylation is 1. The molecule has 0 saturated carbocycles. The topological polar surface area (TPSA) is 38.9 Å². The maximum atomic E-state index is 4.84. The zero-order valence-corrected chi connectivity index (χ0v) is 16.2. The molecule has 1 saturated heterocycles. The van der Waals surface area contributed by atoms with Crippen LogP contribution in [0.3, 0.4) is 0 Å². The first-order valence-electron chi connectivity index (χ1n) is 10.2. The Balaban J connectivity index is 1.58. The van der Waals surface area contributed by atoms with Crippen LogP contribution < -0.4 is 0 Å². The maximum Gasteiger partial charge on any atom is 0.0958 e. The predicted molar refractivity (Wildman–Crippen MR) is 109 cm³/mol. The molecule has 4 rings (SSSR count). The molecule has 1 aliphatic heterocycles. The van der Waals surface area contributed by atoms with Gasteiger partial charge in [0.15, 0.2) is 0 Å². The van der Waals surface area contributed by atoms with E-state index in [1.165, 1.54) is 50.2 Å². The molecular weight excluding hydrogens is 334 g/mol. The zero-order valence-electron chi connectivity index (χ0n) is 16.2. The number of nitrogens with zero attached hydrogens (tertiary/aromatic N) is 5. The fourth-order valence-corrected chi connectivity index (χ4v) is 4.18. The van der Waals surface area contributed by atoms with Gasteiger partial charge in [0.25, 0.3) is 0 Å². The Morgan fingerprint density at radius 3 is 2.56 bits per heavy atom. The van der Waals surface area contributed by atoms with Crippen molar-refractivity contribution in [2.75, 3.05) is 19.6 Å². The van der Waals surface area contributed by atoms with Crippen molar-refractivity contribution in [2.24, 2.45) is 0 Å². The summed E-state index contributed by atoms with van der Waals surface area (Å²) in [6, 6.07) is 13.1. The first-order valence-corrected chi connectivity index (χ1v) is 10.2. The maximum absolute atomic E-state index is 4.84. The van der Waals surface area contributed by atoms with Gasteiger partial charge >= 0.3 is 0 Å². The number of hydrogen-bond donors (Lipinski definition) is 0. The Bertz CT molecular complexity index is 814. The molecule has 0 N–H and O–H groups in total. The van der Waals surface area contributed by atoms with Crippen LogP contribution in [-0.2, 0) is 13.0 Å². The van der Waals surface area contributed by atoms with Gasteiger partial charge in [0.1, 0.15) is 0 Å². The van der Waals surface area contributed by atoms with E-state index in [4.69, 9.17) is 4.98 Å². The van der Waals surface area contributed by atoms with Crippen molar-refractivity contribution in [3.8, 4) is 11.3 Å². The third-order valence-electron chi connectivity index (χ3n) is 5.57. The first kappa shape index (κ1) is 18.0. The number of benzene rings is 1. The quantitative estimate of drug-likeness (QED) is 0.636. The molecule has 27 heavy (non-hydrogen) atoms. The van der Waals surface area contributed by atoms with Crippen molar-refractivity contribution in [1.82, 2.24) is 24.2 Å². The van der Waals surface area contributed by atoms with Gasteiger partial charge in [-0.25, -0.2) is 4.98 Å². The van der Waals surface area contributed by atoms with Crippen molar-refractivity contribution in [1.29, 1.82) is 0 Å². The van der Waals surface area contributed by atoms with E-state index >= 15 is 0 Å². The van der Waals surface area contributed by atoms with E-state index in [2.05, 4.69) is 58.1 Å². The van der Waals surface area contributed by atoms with E-state index in [-0.39, 0.29) is 0 Å². The Hall–Kier alpha value is -2.40. The van der Waals surface area contributed by atoms with Crippen LogP contribution in [0.15, 0.2) is 55.1 Å². The van der Waals surface area contributed by atoms with Crippen LogP contribution in [0, 0.1) is 0 Å². The van der Waals surface area contributed by atoms with Crippen LogP contribution >= 0.6 is 0 Å². The standard InChI is InChI=1S/C22H29N5/c1-2-13-25-15-9-20(10-16-25)27-18-23-22(19-7-4-3-5-8-19)21(27)11-17-26-14-6-12-24-26/h3-8,12,14,18,20H,2,9-11,13,15-17H2,1H3. The van der Waals surface area contributed by atoms with E-state index in [1.807, 2.05) is 23.1 Å². The second kappa shape index (κ2) is 8.53. The van der Waals surface area contributed by atoms with E-state index < -0.39 is 0 Å². The molecule has 3 heterocycles. The van der Waals surface area contributed by atoms with Gasteiger partial charge in [0.2, 0.25) is 0 Å². The van der Waals surface area contributed by atoms with Crippen LogP contribution in [-0.4, -0.2) is 43.9 Å². The average Bonchev–Trinajstić information content (AvgIpc) is 3.38. The van der Waals surface area contributed by atoms with Gasteiger partial charge in [0, 0.05) is 55.7 Å². The predicted octanol–water partition coefficient (Wildman–Crippen LogP) is 4.04. The summed E-state index contributed by atoms with van der Waals surface area (Å²) in [4.78, 5) is 7.43. The van der Waals surface area contributed by atoms with Gasteiger partial charge in [-0.15, -0.1) is 0 Å². The summed E-state index contributed by atoms with van der Waals surface area (Å²) in [5.74, 6) is 0. The summed E-state index contributed by atoms with van der Waals surface area (Å²) >= 11 is 0. The minimum absolute atomic E-state index is 0.552. The fourth-order valence-electron chi connectivity index (χ4n) is 4.18. The molecule has 1 fully saturated rings. The SMILES string of the molecule is CCCN1CCC(n2cnc(-c3ccccc3)c2CCn2cccn2)CC1. The molecule has 0 radical (unpaired) electrons. The van der Waals surface area contributed by atoms with Crippen molar-refractivity contribution < 1.29 is 0 Å². The normalized spacial score (nSPS) is 16.0. The van der Waals surface area contributed by atoms with Gasteiger partial charge in [-0.3, -0.25) is 4.68 Å². The second-order valence-electron chi connectivity index (χ2n) is 7.41. The fraction of sp³-hybridized carbons (Fsp3) is 0.455. The highest BCUT2D eigenvalue weighted by molar-refractivity contribution is 5.61. The number of piperidine rings is 1. The van der Waals surface area contributed by atoms with Crippen LogP contribution in [0.1, 0.15) is 37.9 Å². The molecule has 0 aliphatic carbocycles. The van der Waals surface area contributed by atoms with Crippen LogP contribution in [0.2, 0.25) is 0 Å². The van der Waals surface area contributed by atoms with E-state index in [9.17, 15) is 0 Å². The Labute approximate surface area is 161 Å². The van der Waals surface area contributed by atoms with Crippen molar-refractivity contribution in [3.63, 3.8) is 0 Å². The highest BCUT2D eigenvalue weighted by atomic mass is 15.3. The third-order valence-corrected chi connectivity index (χ3v) is 5.57. The van der Waals surface area contributed by atoms with Crippen LogP contribution in [0.5, 0.6) is 0 Å². The molecule has 0 amide bonds. The molecule has 5 nitrogen and oxygen atoms in total. The smallest absolute Gasteiger partial charge is 0.0958 e. The Kier molecular flexibility index (Phi) is 5.68. The Morgan fingerprint density at radius 1 is 1.04 bits per heavy atom. The first-order chi connectivity index (χ1) is 13.3. The molecule has 1 aliphatic rings. The van der Waals surface area contributed by atoms with Gasteiger partial charge in [-0.05, 0) is 31.9 Å². The van der Waals surface area contributed by atoms with Crippen molar-refractivity contribution in [3.05, 3.63) is 60.8 Å². The second-order valence-corrected chi connectivity index (χ2v) is 7.41. The molecule has 0 atom stereocenters. The lowest BCUT2D eigenvalue weighted by Crippen LogP contribution is -2.35. The van der Waals surface area contributed by atoms with E-state index in [1.54, 1.807) is 0 Å². The lowest BCUT2D eigenvalue weighted by molar-refractivity contribution is 0.185. The van der Waals surface area contributed by atoms with Crippen molar-refractivity contribution in [2.45, 2.75) is 45.2 Å². The average molecular weight is 364 g/mol. The molecule has 0 unspecified atom stereocenters. The number of rotatable bonds is 7. The molecule has 0 bridgehead atoms. The summed E-state index contributed by atoms with van der Waals surface area (Å²) in [6.07, 6.45) is 10.6. The van der Waals surface area contributed by atoms with Crippen molar-refractivity contribution >= 4 is 0 Å². The largest absolute Gasteiger partial charge is 0.331 e. The zero-order chi connectivity index (χ0) is 18.5. The molecule has 2 aromatic heterocycles. The number of likely N-dealkylation sites (tertiary alicyclic amines) is 1. The summed E-state index contributed by atoms with van der Waals surface area (Å²) in [7, 11) is 0. The summed E-state index contributed by atoms with van der Waals surface area (Å²) in [5.41, 5.74) is 3.67. The van der Waals surface area contributed by atoms with Gasteiger partial charge in [0.05, 0.1) is 12.0 Å². The van der Waals surface area contributed by atoms with Crippen LogP contribution in [0.4, 0.5) is 0 Å². The Morgan fingerprint density at radius 2 is 1.85 bits per heavy atom.